The molecule has 3 nitrogen and oxygen atoms in total. The van der Waals surface area contributed by atoms with Crippen molar-refractivity contribution in [1.29, 1.82) is 0 Å². The van der Waals surface area contributed by atoms with Crippen molar-refractivity contribution in [3.05, 3.63) is 49.6 Å². The first-order valence-electron chi connectivity index (χ1n) is 3.79. The van der Waals surface area contributed by atoms with Gasteiger partial charge >= 0.3 is 0 Å². The van der Waals surface area contributed by atoms with Crippen LogP contribution in [0.15, 0.2) is 23.9 Å². The summed E-state index contributed by atoms with van der Waals surface area (Å²) < 4.78 is 0. The van der Waals surface area contributed by atoms with E-state index in [0.29, 0.717) is 15.6 Å². The molecule has 0 aliphatic carbocycles. The van der Waals surface area contributed by atoms with E-state index in [2.05, 4.69) is 0 Å². The van der Waals surface area contributed by atoms with Crippen LogP contribution >= 0.6 is 23.2 Å². The Hall–Kier alpha value is -1.06. The summed E-state index contributed by atoms with van der Waals surface area (Å²) in [5.41, 5.74) is 0.572. The molecule has 0 radical (unpaired) electrons. The molecule has 1 aromatic carbocycles. The van der Waals surface area contributed by atoms with E-state index in [1.54, 1.807) is 18.2 Å². The van der Waals surface area contributed by atoms with Crippen molar-refractivity contribution in [2.24, 2.45) is 0 Å². The first kappa shape index (κ1) is 11.0. The van der Waals surface area contributed by atoms with E-state index in [4.69, 9.17) is 23.2 Å². The molecule has 0 saturated heterocycles. The Labute approximate surface area is 91.1 Å². The van der Waals surface area contributed by atoms with E-state index in [9.17, 15) is 10.1 Å². The highest BCUT2D eigenvalue weighted by Crippen LogP contribution is 2.27. The van der Waals surface area contributed by atoms with Crippen molar-refractivity contribution in [3.8, 4) is 0 Å². The molecular formula is C9H7Cl2NO2. The largest absolute Gasteiger partial charge is 0.259 e. The standard InChI is InChI=1S/C9H7Cl2NO2/c1-6(12(13)14)5-7-3-2-4-8(10)9(7)11/h2-5H,1H3/b6-5+. The Balaban J connectivity index is 3.15. The van der Waals surface area contributed by atoms with Crippen LogP contribution in [0.1, 0.15) is 12.5 Å². The molecular weight excluding hydrogens is 225 g/mol. The third-order valence-electron chi connectivity index (χ3n) is 1.63. The van der Waals surface area contributed by atoms with Gasteiger partial charge in [0, 0.05) is 18.6 Å². The Morgan fingerprint density at radius 3 is 2.71 bits per heavy atom. The van der Waals surface area contributed by atoms with Crippen LogP contribution in [-0.4, -0.2) is 4.92 Å². The molecule has 0 saturated carbocycles. The first-order chi connectivity index (χ1) is 6.52. The summed E-state index contributed by atoms with van der Waals surface area (Å²) in [4.78, 5) is 9.89. The van der Waals surface area contributed by atoms with Gasteiger partial charge in [-0.15, -0.1) is 0 Å². The SMILES string of the molecule is C/C(=C\c1cccc(Cl)c1Cl)[N+](=O)[O-]. The number of nitrogens with zero attached hydrogens (tertiary/aromatic N) is 1. The molecule has 5 heteroatoms. The number of rotatable bonds is 2. The van der Waals surface area contributed by atoms with Crippen LogP contribution in [0.5, 0.6) is 0 Å². The van der Waals surface area contributed by atoms with E-state index >= 15 is 0 Å². The van der Waals surface area contributed by atoms with Crippen LogP contribution in [0.25, 0.3) is 6.08 Å². The normalized spacial score (nSPS) is 11.5. The second-order valence-electron chi connectivity index (χ2n) is 2.69. The van der Waals surface area contributed by atoms with Gasteiger partial charge in [-0.05, 0) is 6.07 Å². The van der Waals surface area contributed by atoms with Gasteiger partial charge in [-0.2, -0.15) is 0 Å². The number of hydrogen-bond acceptors (Lipinski definition) is 2. The van der Waals surface area contributed by atoms with Crippen LogP contribution in [0, 0.1) is 10.1 Å². The molecule has 0 aromatic heterocycles. The fourth-order valence-corrected chi connectivity index (χ4v) is 1.27. The molecule has 74 valence electrons. The number of nitro groups is 1. The van der Waals surface area contributed by atoms with Gasteiger partial charge in [0.2, 0.25) is 5.70 Å². The average Bonchev–Trinajstić information content (AvgIpc) is 2.12. The van der Waals surface area contributed by atoms with Gasteiger partial charge in [0.05, 0.1) is 15.0 Å². The maximum absolute atomic E-state index is 10.4. The lowest BCUT2D eigenvalue weighted by Crippen LogP contribution is -1.93. The Morgan fingerprint density at radius 2 is 2.14 bits per heavy atom. The van der Waals surface area contributed by atoms with E-state index in [1.807, 2.05) is 0 Å². The van der Waals surface area contributed by atoms with Crippen LogP contribution in [0.2, 0.25) is 10.0 Å². The molecule has 0 aliphatic rings. The minimum atomic E-state index is -0.475. The summed E-state index contributed by atoms with van der Waals surface area (Å²) in [6, 6.07) is 4.98. The first-order valence-corrected chi connectivity index (χ1v) is 4.54. The number of benzene rings is 1. The predicted molar refractivity (Wildman–Crippen MR) is 57.1 cm³/mol. The highest BCUT2D eigenvalue weighted by atomic mass is 35.5. The molecule has 0 N–H and O–H groups in total. The quantitative estimate of drug-likeness (QED) is 0.577. The Morgan fingerprint density at radius 1 is 1.50 bits per heavy atom. The highest BCUT2D eigenvalue weighted by Gasteiger charge is 2.06. The fraction of sp³-hybridized carbons (Fsp3) is 0.111. The number of halogens is 2. The molecule has 0 heterocycles. The van der Waals surface area contributed by atoms with Crippen molar-refractivity contribution in [3.63, 3.8) is 0 Å². The van der Waals surface area contributed by atoms with E-state index in [0.717, 1.165) is 0 Å². The minimum Gasteiger partial charge on any atom is -0.259 e. The third-order valence-corrected chi connectivity index (χ3v) is 2.47. The fourth-order valence-electron chi connectivity index (χ4n) is 0.910. The summed E-state index contributed by atoms with van der Waals surface area (Å²) in [5.74, 6) is 0. The number of hydrogen-bond donors (Lipinski definition) is 0. The van der Waals surface area contributed by atoms with Crippen molar-refractivity contribution in [1.82, 2.24) is 0 Å². The van der Waals surface area contributed by atoms with E-state index in [1.165, 1.54) is 13.0 Å². The lowest BCUT2D eigenvalue weighted by atomic mass is 10.2. The maximum atomic E-state index is 10.4. The zero-order valence-corrected chi connectivity index (χ0v) is 8.84. The maximum Gasteiger partial charge on any atom is 0.243 e. The Bertz CT molecular complexity index is 402. The van der Waals surface area contributed by atoms with Gasteiger partial charge < -0.3 is 0 Å². The highest BCUT2D eigenvalue weighted by molar-refractivity contribution is 6.42. The van der Waals surface area contributed by atoms with Crippen molar-refractivity contribution >= 4 is 29.3 Å². The van der Waals surface area contributed by atoms with Crippen molar-refractivity contribution in [2.45, 2.75) is 6.92 Å². The molecule has 0 fully saturated rings. The summed E-state index contributed by atoms with van der Waals surface area (Å²) in [6.07, 6.45) is 1.38. The zero-order chi connectivity index (χ0) is 10.7. The second kappa shape index (κ2) is 4.44. The summed E-state index contributed by atoms with van der Waals surface area (Å²) in [5, 5.41) is 11.1. The molecule has 0 aliphatic heterocycles. The smallest absolute Gasteiger partial charge is 0.243 e. The van der Waals surface area contributed by atoms with Gasteiger partial charge in [-0.25, -0.2) is 0 Å². The van der Waals surface area contributed by atoms with E-state index in [-0.39, 0.29) is 5.70 Å². The van der Waals surface area contributed by atoms with Gasteiger partial charge in [0.1, 0.15) is 0 Å². The summed E-state index contributed by atoms with van der Waals surface area (Å²) in [6.45, 7) is 1.40. The molecule has 0 amide bonds. The van der Waals surface area contributed by atoms with Crippen molar-refractivity contribution < 1.29 is 4.92 Å². The molecule has 0 spiro atoms. The molecule has 1 aromatic rings. The average molecular weight is 232 g/mol. The molecule has 0 atom stereocenters. The van der Waals surface area contributed by atoms with E-state index < -0.39 is 4.92 Å². The molecule has 0 bridgehead atoms. The predicted octanol–water partition coefficient (Wildman–Crippen LogP) is 3.63. The minimum absolute atomic E-state index is 0.0224. The summed E-state index contributed by atoms with van der Waals surface area (Å²) >= 11 is 11.6. The van der Waals surface area contributed by atoms with Gasteiger partial charge in [-0.1, -0.05) is 35.3 Å². The van der Waals surface area contributed by atoms with Gasteiger partial charge in [-0.3, -0.25) is 10.1 Å². The summed E-state index contributed by atoms with van der Waals surface area (Å²) in [7, 11) is 0. The van der Waals surface area contributed by atoms with Gasteiger partial charge in [0.15, 0.2) is 0 Å². The van der Waals surface area contributed by atoms with Crippen LogP contribution in [0.4, 0.5) is 0 Å². The lowest BCUT2D eigenvalue weighted by molar-refractivity contribution is -0.422. The lowest BCUT2D eigenvalue weighted by Gasteiger charge is -1.99. The van der Waals surface area contributed by atoms with Crippen molar-refractivity contribution in [2.75, 3.05) is 0 Å². The third kappa shape index (κ3) is 2.47. The monoisotopic (exact) mass is 231 g/mol. The van der Waals surface area contributed by atoms with Gasteiger partial charge in [0.25, 0.3) is 0 Å². The van der Waals surface area contributed by atoms with Crippen LogP contribution in [-0.2, 0) is 0 Å². The van der Waals surface area contributed by atoms with Crippen LogP contribution < -0.4 is 0 Å². The molecule has 0 unspecified atom stereocenters. The number of allylic oxidation sites excluding steroid dienone is 1. The Kier molecular flexibility index (Phi) is 3.49. The second-order valence-corrected chi connectivity index (χ2v) is 3.47. The topological polar surface area (TPSA) is 43.1 Å². The molecule has 14 heavy (non-hydrogen) atoms. The zero-order valence-electron chi connectivity index (χ0n) is 7.33. The van der Waals surface area contributed by atoms with Crippen LogP contribution in [0.3, 0.4) is 0 Å². The molecule has 1 rings (SSSR count).